The van der Waals surface area contributed by atoms with Gasteiger partial charge in [0.1, 0.15) is 11.6 Å². The maximum Gasteiger partial charge on any atom is 0.182 e. The van der Waals surface area contributed by atoms with E-state index in [1.54, 1.807) is 7.11 Å². The highest BCUT2D eigenvalue weighted by molar-refractivity contribution is 6.01. The topological polar surface area (TPSA) is 57.4 Å². The Morgan fingerprint density at radius 1 is 1.11 bits per heavy atom. The van der Waals surface area contributed by atoms with Crippen molar-refractivity contribution in [3.63, 3.8) is 0 Å². The van der Waals surface area contributed by atoms with Crippen LogP contribution in [0.4, 0.5) is 5.69 Å². The summed E-state index contributed by atoms with van der Waals surface area (Å²) in [6.45, 7) is 0. The van der Waals surface area contributed by atoms with E-state index in [1.807, 2.05) is 60.8 Å². The summed E-state index contributed by atoms with van der Waals surface area (Å²) in [6.07, 6.45) is 1.90. The maximum absolute atomic E-state index is 8.81. The van der Waals surface area contributed by atoms with Gasteiger partial charge in [-0.15, -0.1) is 0 Å². The van der Waals surface area contributed by atoms with Crippen LogP contribution in [0.1, 0.15) is 5.56 Å². The minimum absolute atomic E-state index is 0.511. The van der Waals surface area contributed by atoms with Crippen molar-refractivity contribution in [2.45, 2.75) is 0 Å². The first-order chi connectivity index (χ1) is 9.33. The zero-order valence-electron chi connectivity index (χ0n) is 10.5. The van der Waals surface area contributed by atoms with Crippen LogP contribution in [-0.4, -0.2) is 12.9 Å². The number of methoxy groups -OCH3 is 1. The Morgan fingerprint density at radius 2 is 1.79 bits per heavy atom. The van der Waals surface area contributed by atoms with Crippen molar-refractivity contribution in [2.24, 2.45) is 4.99 Å². The summed E-state index contributed by atoms with van der Waals surface area (Å²) in [7, 11) is 1.61. The quantitative estimate of drug-likeness (QED) is 0.395. The molecule has 2 aromatic rings. The van der Waals surface area contributed by atoms with Gasteiger partial charge >= 0.3 is 0 Å². The predicted octanol–water partition coefficient (Wildman–Crippen LogP) is 2.84. The van der Waals surface area contributed by atoms with E-state index in [1.165, 1.54) is 0 Å². The highest BCUT2D eigenvalue weighted by Crippen LogP contribution is 2.15. The smallest absolute Gasteiger partial charge is 0.182 e. The van der Waals surface area contributed by atoms with Gasteiger partial charge in [-0.25, -0.2) is 4.99 Å². The molecule has 2 aromatic carbocycles. The molecule has 2 rings (SSSR count). The highest BCUT2D eigenvalue weighted by atomic mass is 16.5. The minimum Gasteiger partial charge on any atom is -0.497 e. The molecule has 0 aliphatic rings. The van der Waals surface area contributed by atoms with E-state index in [0.717, 1.165) is 17.0 Å². The second-order valence-corrected chi connectivity index (χ2v) is 3.76. The van der Waals surface area contributed by atoms with Crippen molar-refractivity contribution < 1.29 is 4.74 Å². The van der Waals surface area contributed by atoms with Crippen LogP contribution in [-0.2, 0) is 0 Å². The fourth-order valence-electron chi connectivity index (χ4n) is 1.60. The number of nitrogens with zero attached hydrogens (tertiary/aromatic N) is 2. The molecule has 0 atom stereocenters. The van der Waals surface area contributed by atoms with Crippen molar-refractivity contribution >= 4 is 11.5 Å². The molecule has 4 heteroatoms. The van der Waals surface area contributed by atoms with Crippen LogP contribution >= 0.6 is 0 Å². The zero-order valence-corrected chi connectivity index (χ0v) is 10.5. The molecular formula is C15H13N3O. The first-order valence-electron chi connectivity index (χ1n) is 5.77. The summed E-state index contributed by atoms with van der Waals surface area (Å²) in [5.41, 5.74) is 1.61. The van der Waals surface area contributed by atoms with E-state index in [2.05, 4.69) is 10.3 Å². The second-order valence-electron chi connectivity index (χ2n) is 3.76. The Labute approximate surface area is 112 Å². The molecule has 0 saturated heterocycles. The number of aliphatic imine (C=N–C) groups is 1. The van der Waals surface area contributed by atoms with Crippen LogP contribution in [0, 0.1) is 11.5 Å². The number of amidine groups is 1. The van der Waals surface area contributed by atoms with Crippen molar-refractivity contribution in [1.82, 2.24) is 5.32 Å². The molecule has 0 fully saturated rings. The Bertz CT molecular complexity index is 598. The number of rotatable bonds is 3. The molecule has 0 bridgehead atoms. The van der Waals surface area contributed by atoms with Crippen LogP contribution < -0.4 is 10.1 Å². The summed E-state index contributed by atoms with van der Waals surface area (Å²) in [4.78, 5) is 4.42. The lowest BCUT2D eigenvalue weighted by Gasteiger charge is -2.05. The average Bonchev–Trinajstić information content (AvgIpc) is 2.48. The van der Waals surface area contributed by atoms with Gasteiger partial charge in [0.15, 0.2) is 6.19 Å². The third kappa shape index (κ3) is 3.33. The Balaban J connectivity index is 2.34. The van der Waals surface area contributed by atoms with Gasteiger partial charge in [0.05, 0.1) is 12.8 Å². The fraction of sp³-hybridized carbons (Fsp3) is 0.0667. The summed E-state index contributed by atoms with van der Waals surface area (Å²) in [5.74, 6) is 1.27. The number of para-hydroxylation sites is 1. The van der Waals surface area contributed by atoms with Gasteiger partial charge in [0, 0.05) is 5.56 Å². The molecule has 0 saturated carbocycles. The molecule has 0 amide bonds. The van der Waals surface area contributed by atoms with Crippen LogP contribution in [0.5, 0.6) is 5.75 Å². The number of nitrogens with one attached hydrogen (secondary N) is 1. The number of benzene rings is 2. The number of ether oxygens (including phenoxy) is 1. The van der Waals surface area contributed by atoms with Crippen molar-refractivity contribution in [3.05, 3.63) is 60.2 Å². The van der Waals surface area contributed by atoms with Crippen LogP contribution in [0.2, 0.25) is 0 Å². The molecule has 0 aliphatic heterocycles. The molecule has 0 radical (unpaired) electrons. The maximum atomic E-state index is 8.81. The van der Waals surface area contributed by atoms with E-state index >= 15 is 0 Å². The average molecular weight is 251 g/mol. The number of nitriles is 1. The second kappa shape index (κ2) is 6.22. The first kappa shape index (κ1) is 12.7. The minimum atomic E-state index is 0.511. The van der Waals surface area contributed by atoms with Gasteiger partial charge in [-0.1, -0.05) is 18.2 Å². The standard InChI is InChI=1S/C15H13N3O/c1-19-14-9-7-12(8-10-14)15(17-11-16)18-13-5-3-2-4-6-13/h2-10H,1H3,(H,17,18). The van der Waals surface area contributed by atoms with E-state index in [0.29, 0.717) is 5.84 Å². The SMILES string of the molecule is COc1ccc(C(=Nc2ccccc2)NC#N)cc1. The summed E-state index contributed by atoms with van der Waals surface area (Å²) in [6, 6.07) is 16.8. The van der Waals surface area contributed by atoms with Crippen LogP contribution in [0.3, 0.4) is 0 Å². The molecule has 1 N–H and O–H groups in total. The lowest BCUT2D eigenvalue weighted by Crippen LogP contribution is -2.18. The molecule has 0 spiro atoms. The molecule has 19 heavy (non-hydrogen) atoms. The molecule has 4 nitrogen and oxygen atoms in total. The van der Waals surface area contributed by atoms with E-state index < -0.39 is 0 Å². The van der Waals surface area contributed by atoms with Gasteiger partial charge in [-0.2, -0.15) is 5.26 Å². The molecule has 0 aliphatic carbocycles. The molecule has 0 unspecified atom stereocenters. The van der Waals surface area contributed by atoms with Gasteiger partial charge in [-0.05, 0) is 36.4 Å². The molecule has 94 valence electrons. The van der Waals surface area contributed by atoms with Gasteiger partial charge in [0.2, 0.25) is 0 Å². The van der Waals surface area contributed by atoms with Crippen LogP contribution in [0.25, 0.3) is 0 Å². The zero-order chi connectivity index (χ0) is 13.5. The van der Waals surface area contributed by atoms with Crippen molar-refractivity contribution in [1.29, 1.82) is 5.26 Å². The molecule has 0 heterocycles. The Hall–Kier alpha value is -2.80. The summed E-state index contributed by atoms with van der Waals surface area (Å²) >= 11 is 0. The molecule has 0 aromatic heterocycles. The predicted molar refractivity (Wildman–Crippen MR) is 74.4 cm³/mol. The number of hydrogen-bond donors (Lipinski definition) is 1. The fourth-order valence-corrected chi connectivity index (χ4v) is 1.60. The van der Waals surface area contributed by atoms with E-state index in [-0.39, 0.29) is 0 Å². The lowest BCUT2D eigenvalue weighted by molar-refractivity contribution is 0.415. The normalized spacial score (nSPS) is 10.6. The van der Waals surface area contributed by atoms with Gasteiger partial charge < -0.3 is 4.74 Å². The van der Waals surface area contributed by atoms with Crippen LogP contribution in [0.15, 0.2) is 59.6 Å². The van der Waals surface area contributed by atoms with Gasteiger partial charge in [0.25, 0.3) is 0 Å². The van der Waals surface area contributed by atoms with E-state index in [9.17, 15) is 0 Å². The summed E-state index contributed by atoms with van der Waals surface area (Å²) in [5, 5.41) is 11.4. The van der Waals surface area contributed by atoms with Gasteiger partial charge in [-0.3, -0.25) is 5.32 Å². The Morgan fingerprint density at radius 3 is 2.37 bits per heavy atom. The van der Waals surface area contributed by atoms with Crippen molar-refractivity contribution in [2.75, 3.05) is 7.11 Å². The first-order valence-corrected chi connectivity index (χ1v) is 5.77. The largest absolute Gasteiger partial charge is 0.497 e. The third-order valence-corrected chi connectivity index (χ3v) is 2.53. The lowest BCUT2D eigenvalue weighted by atomic mass is 10.2. The highest BCUT2D eigenvalue weighted by Gasteiger charge is 2.03. The third-order valence-electron chi connectivity index (χ3n) is 2.53. The molecular weight excluding hydrogens is 238 g/mol. The Kier molecular flexibility index (Phi) is 4.14. The monoisotopic (exact) mass is 251 g/mol. The number of hydrogen-bond acceptors (Lipinski definition) is 3. The van der Waals surface area contributed by atoms with Crippen molar-refractivity contribution in [3.8, 4) is 11.9 Å². The van der Waals surface area contributed by atoms with E-state index in [4.69, 9.17) is 10.00 Å². The summed E-state index contributed by atoms with van der Waals surface area (Å²) < 4.78 is 5.10.